The number of hydrogen-bond donors (Lipinski definition) is 3. The van der Waals surface area contributed by atoms with Gasteiger partial charge in [0, 0.05) is 28.6 Å². The van der Waals surface area contributed by atoms with Gasteiger partial charge in [0.1, 0.15) is 0 Å². The van der Waals surface area contributed by atoms with E-state index in [1.165, 1.54) is 0 Å². The maximum absolute atomic E-state index is 11.8. The number of thiophene rings is 1. The van der Waals surface area contributed by atoms with Crippen molar-refractivity contribution in [1.29, 1.82) is 0 Å². The molecule has 0 aliphatic carbocycles. The van der Waals surface area contributed by atoms with Gasteiger partial charge in [-0.1, -0.05) is 17.7 Å². The first kappa shape index (κ1) is 17.3. The molecule has 7 heteroatoms. The predicted molar refractivity (Wildman–Crippen MR) is 93.9 cm³/mol. The van der Waals surface area contributed by atoms with Crippen molar-refractivity contribution in [1.82, 2.24) is 10.6 Å². The second-order valence-electron chi connectivity index (χ2n) is 4.85. The number of carbonyl (C=O) groups excluding carboxylic acids is 2. The summed E-state index contributed by atoms with van der Waals surface area (Å²) >= 11 is 7.38. The number of anilines is 1. The van der Waals surface area contributed by atoms with Crippen molar-refractivity contribution >= 4 is 40.6 Å². The van der Waals surface area contributed by atoms with E-state index in [-0.39, 0.29) is 11.9 Å². The van der Waals surface area contributed by atoms with Crippen molar-refractivity contribution in [3.63, 3.8) is 0 Å². The molecule has 5 nitrogen and oxygen atoms in total. The van der Waals surface area contributed by atoms with E-state index in [0.717, 1.165) is 4.88 Å². The van der Waals surface area contributed by atoms with Gasteiger partial charge in [-0.15, -0.1) is 11.3 Å². The van der Waals surface area contributed by atoms with Crippen LogP contribution in [0.1, 0.15) is 17.7 Å². The highest BCUT2D eigenvalue weighted by Crippen LogP contribution is 2.13. The van der Waals surface area contributed by atoms with Gasteiger partial charge in [-0.25, -0.2) is 4.79 Å². The van der Waals surface area contributed by atoms with Crippen molar-refractivity contribution in [2.24, 2.45) is 0 Å². The zero-order chi connectivity index (χ0) is 16.5. The average molecular weight is 352 g/mol. The fourth-order valence-electron chi connectivity index (χ4n) is 1.85. The first-order valence-electron chi connectivity index (χ1n) is 7.23. The van der Waals surface area contributed by atoms with Gasteiger partial charge in [-0.05, 0) is 42.1 Å². The molecule has 2 rings (SSSR count). The molecule has 0 saturated carbocycles. The van der Waals surface area contributed by atoms with Gasteiger partial charge >= 0.3 is 6.03 Å². The molecule has 1 aromatic carbocycles. The highest BCUT2D eigenvalue weighted by Gasteiger charge is 2.04. The minimum absolute atomic E-state index is 0.0897. The molecule has 0 aliphatic heterocycles. The van der Waals surface area contributed by atoms with E-state index in [0.29, 0.717) is 36.6 Å². The average Bonchev–Trinajstić information content (AvgIpc) is 3.05. The van der Waals surface area contributed by atoms with Gasteiger partial charge in [0.2, 0.25) is 5.91 Å². The minimum atomic E-state index is -0.225. The fourth-order valence-corrected chi connectivity index (χ4v) is 2.62. The number of nitrogens with one attached hydrogen (secondary N) is 3. The molecule has 3 amide bonds. The molecule has 0 bridgehead atoms. The smallest absolute Gasteiger partial charge is 0.315 e. The molecule has 122 valence electrons. The van der Waals surface area contributed by atoms with Crippen LogP contribution in [0.15, 0.2) is 41.8 Å². The Labute approximate surface area is 144 Å². The summed E-state index contributed by atoms with van der Waals surface area (Å²) in [4.78, 5) is 24.4. The molecular formula is C16H18ClN3O2S. The monoisotopic (exact) mass is 351 g/mol. The number of rotatable bonds is 7. The SMILES string of the molecule is O=C(CCCNC(=O)NCc1cccs1)Nc1ccc(Cl)cc1. The molecule has 0 saturated heterocycles. The Balaban J connectivity index is 1.56. The van der Waals surface area contributed by atoms with Crippen LogP contribution in [0.3, 0.4) is 0 Å². The topological polar surface area (TPSA) is 70.2 Å². The van der Waals surface area contributed by atoms with Crippen LogP contribution < -0.4 is 16.0 Å². The van der Waals surface area contributed by atoms with Gasteiger partial charge in [0.15, 0.2) is 0 Å². The maximum Gasteiger partial charge on any atom is 0.315 e. The third kappa shape index (κ3) is 6.71. The quantitative estimate of drug-likeness (QED) is 0.667. The zero-order valence-electron chi connectivity index (χ0n) is 12.5. The van der Waals surface area contributed by atoms with Crippen LogP contribution in [0.4, 0.5) is 10.5 Å². The summed E-state index contributed by atoms with van der Waals surface area (Å²) in [5.41, 5.74) is 0.709. The molecule has 2 aromatic rings. The summed E-state index contributed by atoms with van der Waals surface area (Å²) in [7, 11) is 0. The summed E-state index contributed by atoms with van der Waals surface area (Å²) in [6, 6.07) is 10.6. The first-order chi connectivity index (χ1) is 11.1. The lowest BCUT2D eigenvalue weighted by molar-refractivity contribution is -0.116. The van der Waals surface area contributed by atoms with E-state index >= 15 is 0 Å². The summed E-state index contributed by atoms with van der Waals surface area (Å²) < 4.78 is 0. The Morgan fingerprint density at radius 2 is 1.87 bits per heavy atom. The molecular weight excluding hydrogens is 334 g/mol. The number of carbonyl (C=O) groups is 2. The second-order valence-corrected chi connectivity index (χ2v) is 6.32. The standard InChI is InChI=1S/C16H18ClN3O2S/c17-12-5-7-13(8-6-12)20-15(21)4-1-9-18-16(22)19-11-14-3-2-10-23-14/h2-3,5-8,10H,1,4,9,11H2,(H,20,21)(H2,18,19,22). The Kier molecular flexibility index (Phi) is 6.90. The van der Waals surface area contributed by atoms with Crippen LogP contribution in [0.5, 0.6) is 0 Å². The van der Waals surface area contributed by atoms with Crippen molar-refractivity contribution in [2.75, 3.05) is 11.9 Å². The van der Waals surface area contributed by atoms with E-state index in [1.807, 2.05) is 17.5 Å². The lowest BCUT2D eigenvalue weighted by atomic mass is 10.2. The fraction of sp³-hybridized carbons (Fsp3) is 0.250. The molecule has 0 radical (unpaired) electrons. The van der Waals surface area contributed by atoms with Gasteiger partial charge in [-0.3, -0.25) is 4.79 Å². The molecule has 23 heavy (non-hydrogen) atoms. The molecule has 0 fully saturated rings. The third-order valence-corrected chi connectivity index (χ3v) is 4.13. The lowest BCUT2D eigenvalue weighted by Crippen LogP contribution is -2.35. The van der Waals surface area contributed by atoms with Crippen LogP contribution in [-0.4, -0.2) is 18.5 Å². The first-order valence-corrected chi connectivity index (χ1v) is 8.49. The minimum Gasteiger partial charge on any atom is -0.338 e. The number of urea groups is 1. The van der Waals surface area contributed by atoms with Gasteiger partial charge in [-0.2, -0.15) is 0 Å². The van der Waals surface area contributed by atoms with Crippen molar-refractivity contribution < 1.29 is 9.59 Å². The Morgan fingerprint density at radius 3 is 2.57 bits per heavy atom. The number of amides is 3. The number of hydrogen-bond acceptors (Lipinski definition) is 3. The van der Waals surface area contributed by atoms with E-state index in [2.05, 4.69) is 16.0 Å². The van der Waals surface area contributed by atoms with E-state index < -0.39 is 0 Å². The van der Waals surface area contributed by atoms with Crippen LogP contribution in [0, 0.1) is 0 Å². The lowest BCUT2D eigenvalue weighted by Gasteiger charge is -2.07. The largest absolute Gasteiger partial charge is 0.338 e. The predicted octanol–water partition coefficient (Wildman–Crippen LogP) is 3.62. The van der Waals surface area contributed by atoms with Gasteiger partial charge in [0.25, 0.3) is 0 Å². The zero-order valence-corrected chi connectivity index (χ0v) is 14.0. The van der Waals surface area contributed by atoms with Crippen molar-refractivity contribution in [2.45, 2.75) is 19.4 Å². The maximum atomic E-state index is 11.8. The summed E-state index contributed by atoms with van der Waals surface area (Å²) in [5, 5.41) is 10.9. The third-order valence-electron chi connectivity index (χ3n) is 3.00. The molecule has 0 spiro atoms. The van der Waals surface area contributed by atoms with Crippen LogP contribution in [0.2, 0.25) is 5.02 Å². The van der Waals surface area contributed by atoms with Crippen molar-refractivity contribution in [3.8, 4) is 0 Å². The molecule has 0 aliphatic rings. The number of halogens is 1. The highest BCUT2D eigenvalue weighted by atomic mass is 35.5. The summed E-state index contributed by atoms with van der Waals surface area (Å²) in [5.74, 6) is -0.0897. The Bertz CT molecular complexity index is 629. The van der Waals surface area contributed by atoms with E-state index in [1.54, 1.807) is 35.6 Å². The molecule has 0 atom stereocenters. The van der Waals surface area contributed by atoms with Gasteiger partial charge < -0.3 is 16.0 Å². The molecule has 1 aromatic heterocycles. The highest BCUT2D eigenvalue weighted by molar-refractivity contribution is 7.09. The van der Waals surface area contributed by atoms with Crippen LogP contribution in [0.25, 0.3) is 0 Å². The molecule has 0 unspecified atom stereocenters. The van der Waals surface area contributed by atoms with Crippen LogP contribution in [-0.2, 0) is 11.3 Å². The van der Waals surface area contributed by atoms with Crippen LogP contribution >= 0.6 is 22.9 Å². The molecule has 3 N–H and O–H groups in total. The molecule has 1 heterocycles. The summed E-state index contributed by atoms with van der Waals surface area (Å²) in [6.45, 7) is 0.963. The van der Waals surface area contributed by atoms with Gasteiger partial charge in [0.05, 0.1) is 6.54 Å². The summed E-state index contributed by atoms with van der Waals surface area (Å²) in [6.07, 6.45) is 0.916. The van der Waals surface area contributed by atoms with E-state index in [4.69, 9.17) is 11.6 Å². The second kappa shape index (κ2) is 9.17. The van der Waals surface area contributed by atoms with E-state index in [9.17, 15) is 9.59 Å². The normalized spacial score (nSPS) is 10.1. The van der Waals surface area contributed by atoms with Crippen molar-refractivity contribution in [3.05, 3.63) is 51.7 Å². The number of benzene rings is 1. The Morgan fingerprint density at radius 1 is 1.09 bits per heavy atom. The Hall–Kier alpha value is -2.05.